The number of amides is 1. The summed E-state index contributed by atoms with van der Waals surface area (Å²) in [4.78, 5) is 26.0. The molecule has 0 spiro atoms. The summed E-state index contributed by atoms with van der Waals surface area (Å²) in [5.41, 5.74) is 0. The maximum absolute atomic E-state index is 13.1. The number of unbranched alkanes of at least 4 members (excludes halogenated alkanes) is 24. The van der Waals surface area contributed by atoms with Crippen LogP contribution in [0.15, 0.2) is 36.5 Å². The number of carbonyl (C=O) groups excluding carboxylic acids is 2. The predicted octanol–water partition coefficient (Wildman–Crippen LogP) is 13.7. The first-order chi connectivity index (χ1) is 27.0. The van der Waals surface area contributed by atoms with Gasteiger partial charge in [0, 0.05) is 6.42 Å². The molecule has 3 atom stereocenters. The Morgan fingerprint density at radius 2 is 0.945 bits per heavy atom. The maximum Gasteiger partial charge on any atom is 0.306 e. The molecule has 0 saturated carbocycles. The second kappa shape index (κ2) is 43.2. The third-order valence-corrected chi connectivity index (χ3v) is 10.7. The fourth-order valence-electron chi connectivity index (χ4n) is 7.03. The van der Waals surface area contributed by atoms with Crippen molar-refractivity contribution in [1.29, 1.82) is 0 Å². The van der Waals surface area contributed by atoms with E-state index in [0.717, 1.165) is 77.0 Å². The average Bonchev–Trinajstić information content (AvgIpc) is 3.18. The lowest BCUT2D eigenvalue weighted by Crippen LogP contribution is -2.46. The molecule has 0 aliphatic carbocycles. The van der Waals surface area contributed by atoms with Gasteiger partial charge in [0.05, 0.1) is 25.2 Å². The summed E-state index contributed by atoms with van der Waals surface area (Å²) in [5.74, 6) is -0.496. The molecule has 55 heavy (non-hydrogen) atoms. The number of rotatable bonds is 42. The van der Waals surface area contributed by atoms with Crippen LogP contribution in [0.5, 0.6) is 0 Å². The van der Waals surface area contributed by atoms with Crippen molar-refractivity contribution in [2.24, 2.45) is 0 Å². The van der Waals surface area contributed by atoms with Crippen LogP contribution in [-0.2, 0) is 14.3 Å². The summed E-state index contributed by atoms with van der Waals surface area (Å²) < 4.78 is 5.90. The van der Waals surface area contributed by atoms with Gasteiger partial charge < -0.3 is 20.3 Å². The monoisotopic (exact) mass is 774 g/mol. The lowest BCUT2D eigenvalue weighted by atomic mass is 10.0. The molecule has 0 aromatic heterocycles. The van der Waals surface area contributed by atoms with Crippen molar-refractivity contribution >= 4 is 11.9 Å². The van der Waals surface area contributed by atoms with Crippen molar-refractivity contribution < 1.29 is 24.5 Å². The lowest BCUT2D eigenvalue weighted by molar-refractivity contribution is -0.151. The van der Waals surface area contributed by atoms with E-state index in [0.29, 0.717) is 19.3 Å². The van der Waals surface area contributed by atoms with E-state index in [4.69, 9.17) is 4.74 Å². The van der Waals surface area contributed by atoms with Crippen molar-refractivity contribution in [3.05, 3.63) is 36.5 Å². The number of esters is 1. The van der Waals surface area contributed by atoms with Gasteiger partial charge in [0.25, 0.3) is 0 Å². The molecule has 3 N–H and O–H groups in total. The van der Waals surface area contributed by atoms with Crippen molar-refractivity contribution in [3.63, 3.8) is 0 Å². The Kier molecular flexibility index (Phi) is 41.7. The topological polar surface area (TPSA) is 95.9 Å². The minimum atomic E-state index is -0.789. The molecule has 0 aliphatic heterocycles. The lowest BCUT2D eigenvalue weighted by Gasteiger charge is -2.24. The molecule has 6 heteroatoms. The van der Waals surface area contributed by atoms with E-state index in [9.17, 15) is 19.8 Å². The zero-order valence-corrected chi connectivity index (χ0v) is 36.6. The Balaban J connectivity index is 4.63. The standard InChI is InChI=1S/C49H91NO5/c1-4-7-10-13-16-19-22-23-24-25-27-28-31-34-37-40-45(55-49(54)42-39-36-33-30-26-20-17-14-11-8-5-2)43-48(53)50-46(44-51)47(52)41-38-35-32-29-21-18-15-12-9-6-3/h14,16-17,19,23-24,45-47,51-52H,4-13,15,18,20-22,25-44H2,1-3H3,(H,50,53)/b17-14-,19-16-,24-23-. The van der Waals surface area contributed by atoms with Crippen molar-refractivity contribution in [2.75, 3.05) is 6.61 Å². The summed E-state index contributed by atoms with van der Waals surface area (Å²) in [6.45, 7) is 6.40. The Hall–Kier alpha value is -1.92. The second-order valence-corrected chi connectivity index (χ2v) is 16.2. The Morgan fingerprint density at radius 3 is 1.49 bits per heavy atom. The van der Waals surface area contributed by atoms with Gasteiger partial charge in [0.15, 0.2) is 0 Å². The first-order valence-corrected chi connectivity index (χ1v) is 23.7. The summed E-state index contributed by atoms with van der Waals surface area (Å²) in [6, 6.07) is -0.704. The smallest absolute Gasteiger partial charge is 0.306 e. The van der Waals surface area contributed by atoms with Crippen LogP contribution in [0.4, 0.5) is 0 Å². The zero-order chi connectivity index (χ0) is 40.3. The molecule has 0 rings (SSSR count). The number of carbonyl (C=O) groups is 2. The molecule has 0 saturated heterocycles. The van der Waals surface area contributed by atoms with Gasteiger partial charge >= 0.3 is 5.97 Å². The first-order valence-electron chi connectivity index (χ1n) is 23.7. The maximum atomic E-state index is 13.1. The molecular weight excluding hydrogens is 683 g/mol. The third kappa shape index (κ3) is 38.7. The zero-order valence-electron chi connectivity index (χ0n) is 36.6. The van der Waals surface area contributed by atoms with Crippen LogP contribution >= 0.6 is 0 Å². The van der Waals surface area contributed by atoms with Gasteiger partial charge in [-0.15, -0.1) is 0 Å². The predicted molar refractivity (Wildman–Crippen MR) is 236 cm³/mol. The van der Waals surface area contributed by atoms with E-state index < -0.39 is 18.2 Å². The summed E-state index contributed by atoms with van der Waals surface area (Å²) in [5, 5.41) is 23.6. The Labute approximate surface area is 341 Å². The Morgan fingerprint density at radius 1 is 0.527 bits per heavy atom. The first kappa shape index (κ1) is 53.1. The summed E-state index contributed by atoms with van der Waals surface area (Å²) in [6.07, 6.45) is 49.1. The highest BCUT2D eigenvalue weighted by atomic mass is 16.5. The normalized spacial score (nSPS) is 13.6. The number of nitrogens with one attached hydrogen (secondary N) is 1. The summed E-state index contributed by atoms with van der Waals surface area (Å²) in [7, 11) is 0. The van der Waals surface area contributed by atoms with E-state index >= 15 is 0 Å². The van der Waals surface area contributed by atoms with Gasteiger partial charge in [-0.2, -0.15) is 0 Å². The number of allylic oxidation sites excluding steroid dienone is 6. The number of hydrogen-bond acceptors (Lipinski definition) is 5. The van der Waals surface area contributed by atoms with Crippen LogP contribution in [0.2, 0.25) is 0 Å². The summed E-state index contributed by atoms with van der Waals surface area (Å²) >= 11 is 0. The molecule has 0 aromatic carbocycles. The molecule has 322 valence electrons. The largest absolute Gasteiger partial charge is 0.462 e. The van der Waals surface area contributed by atoms with E-state index in [1.54, 1.807) is 0 Å². The van der Waals surface area contributed by atoms with E-state index in [1.165, 1.54) is 116 Å². The minimum absolute atomic E-state index is 0.0663. The third-order valence-electron chi connectivity index (χ3n) is 10.7. The van der Waals surface area contributed by atoms with E-state index in [-0.39, 0.29) is 24.9 Å². The minimum Gasteiger partial charge on any atom is -0.462 e. The highest BCUT2D eigenvalue weighted by molar-refractivity contribution is 5.77. The van der Waals surface area contributed by atoms with Gasteiger partial charge in [-0.05, 0) is 77.0 Å². The van der Waals surface area contributed by atoms with Crippen LogP contribution in [0, 0.1) is 0 Å². The highest BCUT2D eigenvalue weighted by Gasteiger charge is 2.24. The van der Waals surface area contributed by atoms with Gasteiger partial charge in [0.2, 0.25) is 5.91 Å². The molecule has 1 amide bonds. The van der Waals surface area contributed by atoms with Gasteiger partial charge in [-0.1, -0.05) is 186 Å². The second-order valence-electron chi connectivity index (χ2n) is 16.2. The number of aliphatic hydroxyl groups is 2. The quantitative estimate of drug-likeness (QED) is 0.0326. The number of ether oxygens (including phenoxy) is 1. The van der Waals surface area contributed by atoms with Crippen molar-refractivity contribution in [1.82, 2.24) is 5.32 Å². The number of hydrogen-bond donors (Lipinski definition) is 3. The molecule has 6 nitrogen and oxygen atoms in total. The molecule has 0 fully saturated rings. The molecule has 3 unspecified atom stereocenters. The van der Waals surface area contributed by atoms with E-state index in [1.807, 2.05) is 0 Å². The fourth-order valence-corrected chi connectivity index (χ4v) is 7.03. The van der Waals surface area contributed by atoms with Crippen LogP contribution in [0.3, 0.4) is 0 Å². The van der Waals surface area contributed by atoms with Crippen LogP contribution in [0.25, 0.3) is 0 Å². The SMILES string of the molecule is CCCC/C=C\CCCCCCCC(=O)OC(CCCCCCC/C=C\C/C=C\CCCCC)CC(=O)NC(CO)C(O)CCCCCCCCCCCC. The van der Waals surface area contributed by atoms with Crippen LogP contribution in [-0.4, -0.2) is 46.9 Å². The van der Waals surface area contributed by atoms with E-state index in [2.05, 4.69) is 62.5 Å². The van der Waals surface area contributed by atoms with Crippen LogP contribution < -0.4 is 5.32 Å². The molecular formula is C49H91NO5. The van der Waals surface area contributed by atoms with Crippen molar-refractivity contribution in [3.8, 4) is 0 Å². The van der Waals surface area contributed by atoms with Crippen molar-refractivity contribution in [2.45, 2.75) is 257 Å². The van der Waals surface area contributed by atoms with Gasteiger partial charge in [-0.3, -0.25) is 9.59 Å². The number of aliphatic hydroxyl groups excluding tert-OH is 2. The van der Waals surface area contributed by atoms with Gasteiger partial charge in [0.1, 0.15) is 6.10 Å². The molecule has 0 aromatic rings. The molecule has 0 radical (unpaired) electrons. The van der Waals surface area contributed by atoms with Gasteiger partial charge in [-0.25, -0.2) is 0 Å². The molecule has 0 aliphatic rings. The highest BCUT2D eigenvalue weighted by Crippen LogP contribution is 2.17. The van der Waals surface area contributed by atoms with Crippen LogP contribution in [0.1, 0.15) is 239 Å². The molecule has 0 heterocycles. The Bertz CT molecular complexity index is 915. The molecule has 0 bridgehead atoms. The fraction of sp³-hybridized carbons (Fsp3) is 0.837. The average molecular weight is 774 g/mol.